The first-order valence-corrected chi connectivity index (χ1v) is 5.99. The van der Waals surface area contributed by atoms with Crippen molar-refractivity contribution >= 4 is 44.3 Å². The van der Waals surface area contributed by atoms with Crippen LogP contribution in [0.2, 0.25) is 0 Å². The molecule has 0 bridgehead atoms. The molecule has 78 valence electrons. The lowest BCUT2D eigenvalue weighted by Crippen LogP contribution is -1.89. The first kappa shape index (κ1) is 9.89. The average molecular weight is 321 g/mol. The molecule has 4 heteroatoms. The summed E-state index contributed by atoms with van der Waals surface area (Å²) in [6.07, 6.45) is 3.49. The number of hydrogen-bond donors (Lipinski definition) is 0. The molecule has 0 aliphatic heterocycles. The highest BCUT2D eigenvalue weighted by Gasteiger charge is 2.05. The van der Waals surface area contributed by atoms with Crippen LogP contribution < -0.4 is 0 Å². The smallest absolute Gasteiger partial charge is 0.117 e. The molecular formula is C12H8IN3. The van der Waals surface area contributed by atoms with Gasteiger partial charge in [-0.1, -0.05) is 6.07 Å². The highest BCUT2D eigenvalue weighted by atomic mass is 127. The van der Waals surface area contributed by atoms with Gasteiger partial charge in [0.05, 0.1) is 5.52 Å². The van der Waals surface area contributed by atoms with E-state index in [0.29, 0.717) is 0 Å². The van der Waals surface area contributed by atoms with Crippen molar-refractivity contribution in [1.82, 2.24) is 15.0 Å². The minimum absolute atomic E-state index is 0.976. The molecule has 0 radical (unpaired) electrons. The topological polar surface area (TPSA) is 38.7 Å². The van der Waals surface area contributed by atoms with E-state index in [1.165, 1.54) is 5.39 Å². The highest BCUT2D eigenvalue weighted by molar-refractivity contribution is 14.1. The summed E-state index contributed by atoms with van der Waals surface area (Å²) >= 11 is 2.23. The number of halogens is 1. The third-order valence-corrected chi connectivity index (χ3v) is 3.45. The van der Waals surface area contributed by atoms with Gasteiger partial charge in [-0.2, -0.15) is 0 Å². The summed E-state index contributed by atoms with van der Waals surface area (Å²) in [4.78, 5) is 12.9. The second-order valence-electron chi connectivity index (χ2n) is 3.67. The monoisotopic (exact) mass is 321 g/mol. The van der Waals surface area contributed by atoms with Crippen molar-refractivity contribution in [3.63, 3.8) is 0 Å². The van der Waals surface area contributed by atoms with Gasteiger partial charge >= 0.3 is 0 Å². The van der Waals surface area contributed by atoms with E-state index in [2.05, 4.69) is 55.7 Å². The van der Waals surface area contributed by atoms with Crippen molar-refractivity contribution in [3.05, 3.63) is 40.1 Å². The molecule has 0 aliphatic carbocycles. The van der Waals surface area contributed by atoms with E-state index < -0.39 is 0 Å². The third kappa shape index (κ3) is 1.44. The fourth-order valence-electron chi connectivity index (χ4n) is 1.83. The van der Waals surface area contributed by atoms with Gasteiger partial charge in [-0.05, 0) is 47.0 Å². The zero-order valence-electron chi connectivity index (χ0n) is 8.61. The normalized spacial score (nSPS) is 11.1. The van der Waals surface area contributed by atoms with E-state index in [-0.39, 0.29) is 0 Å². The van der Waals surface area contributed by atoms with Crippen LogP contribution in [0.5, 0.6) is 0 Å². The summed E-state index contributed by atoms with van der Waals surface area (Å²) in [5.74, 6) is 0. The maximum atomic E-state index is 4.34. The van der Waals surface area contributed by atoms with E-state index >= 15 is 0 Å². The first-order valence-electron chi connectivity index (χ1n) is 4.91. The average Bonchev–Trinajstić information content (AvgIpc) is 2.28. The third-order valence-electron chi connectivity index (χ3n) is 2.59. The molecular weight excluding hydrogens is 313 g/mol. The molecule has 0 atom stereocenters. The summed E-state index contributed by atoms with van der Waals surface area (Å²) in [6.45, 7) is 1.99. The maximum absolute atomic E-state index is 4.34. The molecule has 16 heavy (non-hydrogen) atoms. The molecule has 3 nitrogen and oxygen atoms in total. The van der Waals surface area contributed by atoms with Gasteiger partial charge in [-0.3, -0.25) is 4.98 Å². The Labute approximate surface area is 106 Å². The van der Waals surface area contributed by atoms with Crippen LogP contribution in [0.25, 0.3) is 21.7 Å². The Morgan fingerprint density at radius 1 is 1.06 bits per heavy atom. The number of aromatic nitrogens is 3. The van der Waals surface area contributed by atoms with Crippen LogP contribution in [0.15, 0.2) is 30.7 Å². The quantitative estimate of drug-likeness (QED) is 0.363. The van der Waals surface area contributed by atoms with Crippen molar-refractivity contribution < 1.29 is 0 Å². The lowest BCUT2D eigenvalue weighted by molar-refractivity contribution is 1.19. The second kappa shape index (κ2) is 3.62. The Balaban J connectivity index is 2.55. The predicted molar refractivity (Wildman–Crippen MR) is 72.3 cm³/mol. The number of benzene rings is 1. The summed E-state index contributed by atoms with van der Waals surface area (Å²) in [5.41, 5.74) is 2.00. The molecule has 2 aromatic heterocycles. The number of fused-ring (bicyclic) bond motifs is 3. The van der Waals surface area contributed by atoms with Crippen LogP contribution in [-0.4, -0.2) is 15.0 Å². The fourth-order valence-corrected chi connectivity index (χ4v) is 2.39. The number of rotatable bonds is 0. The molecule has 0 saturated heterocycles. The van der Waals surface area contributed by atoms with E-state index in [9.17, 15) is 0 Å². The molecule has 0 N–H and O–H groups in total. The van der Waals surface area contributed by atoms with Crippen molar-refractivity contribution in [2.24, 2.45) is 0 Å². The van der Waals surface area contributed by atoms with Crippen LogP contribution in [-0.2, 0) is 0 Å². The molecule has 0 saturated carbocycles. The summed E-state index contributed by atoms with van der Waals surface area (Å²) in [5, 5.41) is 3.35. The predicted octanol–water partition coefficient (Wildman–Crippen LogP) is 3.09. The van der Waals surface area contributed by atoms with Crippen LogP contribution in [0, 0.1) is 10.6 Å². The number of aryl methyl sites for hydroxylation is 1. The second-order valence-corrected chi connectivity index (χ2v) is 4.69. The molecule has 0 fully saturated rings. The van der Waals surface area contributed by atoms with E-state index in [4.69, 9.17) is 0 Å². The molecule has 3 aromatic rings. The van der Waals surface area contributed by atoms with Crippen LogP contribution >= 0.6 is 22.6 Å². The summed E-state index contributed by atoms with van der Waals surface area (Å²) in [7, 11) is 0. The number of hydrogen-bond acceptors (Lipinski definition) is 3. The zero-order valence-corrected chi connectivity index (χ0v) is 10.8. The standard InChI is InChI=1S/C12H8IN3/c1-7-4-8-2-3-9-11(10(8)5-14-7)15-6-16-12(9)13/h2-6H,1H3. The minimum Gasteiger partial charge on any atom is -0.261 e. The van der Waals surface area contributed by atoms with E-state index in [1.54, 1.807) is 6.33 Å². The van der Waals surface area contributed by atoms with Crippen LogP contribution in [0.1, 0.15) is 5.69 Å². The van der Waals surface area contributed by atoms with Gasteiger partial charge in [0.15, 0.2) is 0 Å². The van der Waals surface area contributed by atoms with E-state index in [0.717, 1.165) is 25.7 Å². The minimum atomic E-state index is 0.976. The Morgan fingerprint density at radius 3 is 2.81 bits per heavy atom. The van der Waals surface area contributed by atoms with Gasteiger partial charge in [-0.25, -0.2) is 9.97 Å². The largest absolute Gasteiger partial charge is 0.261 e. The van der Waals surface area contributed by atoms with Gasteiger partial charge in [0.2, 0.25) is 0 Å². The van der Waals surface area contributed by atoms with Gasteiger partial charge in [0.1, 0.15) is 10.0 Å². The molecule has 0 unspecified atom stereocenters. The lowest BCUT2D eigenvalue weighted by Gasteiger charge is -2.04. The molecule has 0 aliphatic rings. The Kier molecular flexibility index (Phi) is 2.24. The highest BCUT2D eigenvalue weighted by Crippen LogP contribution is 2.25. The SMILES string of the molecule is Cc1cc2ccc3c(I)ncnc3c2cn1. The lowest BCUT2D eigenvalue weighted by atomic mass is 10.1. The van der Waals surface area contributed by atoms with Crippen molar-refractivity contribution in [2.45, 2.75) is 6.92 Å². The molecule has 0 amide bonds. The van der Waals surface area contributed by atoms with Gasteiger partial charge in [0, 0.05) is 22.7 Å². The first-order chi connectivity index (χ1) is 7.75. The van der Waals surface area contributed by atoms with Gasteiger partial charge in [0.25, 0.3) is 0 Å². The fraction of sp³-hybridized carbons (Fsp3) is 0.0833. The number of pyridine rings is 1. The zero-order chi connectivity index (χ0) is 11.1. The molecule has 3 rings (SSSR count). The van der Waals surface area contributed by atoms with Crippen molar-refractivity contribution in [2.75, 3.05) is 0 Å². The van der Waals surface area contributed by atoms with Gasteiger partial charge < -0.3 is 0 Å². The molecule has 2 heterocycles. The molecule has 0 spiro atoms. The van der Waals surface area contributed by atoms with Crippen molar-refractivity contribution in [1.29, 1.82) is 0 Å². The Morgan fingerprint density at radius 2 is 1.94 bits per heavy atom. The summed E-state index contributed by atoms with van der Waals surface area (Å²) < 4.78 is 0.977. The number of nitrogens with zero attached hydrogens (tertiary/aromatic N) is 3. The van der Waals surface area contributed by atoms with Crippen LogP contribution in [0.4, 0.5) is 0 Å². The Hall–Kier alpha value is -1.30. The maximum Gasteiger partial charge on any atom is 0.117 e. The van der Waals surface area contributed by atoms with Gasteiger partial charge in [-0.15, -0.1) is 0 Å². The van der Waals surface area contributed by atoms with Crippen LogP contribution in [0.3, 0.4) is 0 Å². The Bertz CT molecular complexity index is 694. The summed E-state index contributed by atoms with van der Waals surface area (Å²) in [6, 6.07) is 6.24. The van der Waals surface area contributed by atoms with E-state index in [1.807, 2.05) is 13.1 Å². The molecule has 1 aromatic carbocycles. The van der Waals surface area contributed by atoms with Crippen molar-refractivity contribution in [3.8, 4) is 0 Å².